The predicted molar refractivity (Wildman–Crippen MR) is 106 cm³/mol. The highest BCUT2D eigenvalue weighted by atomic mass is 35.5. The van der Waals surface area contributed by atoms with E-state index in [4.69, 9.17) is 0 Å². The molecule has 0 aliphatic carbocycles. The summed E-state index contributed by atoms with van der Waals surface area (Å²) < 4.78 is 0. The largest absolute Gasteiger partial charge is 1.00 e. The van der Waals surface area contributed by atoms with E-state index in [1.807, 2.05) is 30.3 Å². The first-order chi connectivity index (χ1) is 12.6. The molecule has 1 aliphatic rings. The van der Waals surface area contributed by atoms with Crippen LogP contribution in [-0.4, -0.2) is 37.1 Å². The topological polar surface area (TPSA) is 70.4 Å². The van der Waals surface area contributed by atoms with Crippen LogP contribution >= 0.6 is 0 Å². The number of aryl methyl sites for hydroxylation is 1. The highest BCUT2D eigenvalue weighted by Gasteiger charge is 2.19. The molecule has 1 saturated heterocycles. The molecule has 27 heavy (non-hydrogen) atoms. The Morgan fingerprint density at radius 3 is 2.56 bits per heavy atom. The number of nitrogens with zero attached hydrogens (tertiary/aromatic N) is 2. The fourth-order valence-electron chi connectivity index (χ4n) is 3.28. The van der Waals surface area contributed by atoms with Crippen molar-refractivity contribution in [2.75, 3.05) is 36.4 Å². The summed E-state index contributed by atoms with van der Waals surface area (Å²) in [6.45, 7) is 5.78. The van der Waals surface area contributed by atoms with E-state index in [0.29, 0.717) is 5.69 Å². The molecule has 0 saturated carbocycles. The van der Waals surface area contributed by atoms with E-state index in [1.54, 1.807) is 6.07 Å². The molecule has 0 radical (unpaired) electrons. The SMILES string of the molecule is CC(CCc1ccccc1)Nc1cc(N2CCNCC2)ccc1[N+](=O)[O-].[Cl-]. The molecule has 1 aliphatic heterocycles. The summed E-state index contributed by atoms with van der Waals surface area (Å²) in [7, 11) is 0. The van der Waals surface area contributed by atoms with Crippen molar-refractivity contribution in [3.63, 3.8) is 0 Å². The van der Waals surface area contributed by atoms with Gasteiger partial charge in [0.15, 0.2) is 0 Å². The molecule has 0 amide bonds. The zero-order valence-corrected chi connectivity index (χ0v) is 16.3. The van der Waals surface area contributed by atoms with Gasteiger partial charge in [0.25, 0.3) is 5.69 Å². The maximum absolute atomic E-state index is 11.4. The van der Waals surface area contributed by atoms with Crippen molar-refractivity contribution >= 4 is 17.1 Å². The van der Waals surface area contributed by atoms with Crippen molar-refractivity contribution in [1.29, 1.82) is 0 Å². The zero-order valence-electron chi connectivity index (χ0n) is 15.5. The quantitative estimate of drug-likeness (QED) is 0.531. The van der Waals surface area contributed by atoms with Crippen LogP contribution in [0.15, 0.2) is 48.5 Å². The third kappa shape index (κ3) is 5.84. The molecule has 1 fully saturated rings. The Morgan fingerprint density at radius 1 is 1.19 bits per heavy atom. The number of hydrogen-bond acceptors (Lipinski definition) is 5. The Bertz CT molecular complexity index is 736. The second-order valence-corrected chi connectivity index (χ2v) is 6.77. The van der Waals surface area contributed by atoms with Gasteiger partial charge in [-0.15, -0.1) is 0 Å². The maximum atomic E-state index is 11.4. The van der Waals surface area contributed by atoms with E-state index in [1.165, 1.54) is 5.56 Å². The van der Waals surface area contributed by atoms with Gasteiger partial charge in [0.1, 0.15) is 5.69 Å². The molecule has 2 aromatic carbocycles. The first-order valence-electron chi connectivity index (χ1n) is 9.18. The summed E-state index contributed by atoms with van der Waals surface area (Å²) >= 11 is 0. The molecule has 3 rings (SSSR count). The lowest BCUT2D eigenvalue weighted by Gasteiger charge is -2.30. The molecule has 1 heterocycles. The van der Waals surface area contributed by atoms with Crippen LogP contribution in [0.4, 0.5) is 17.1 Å². The monoisotopic (exact) mass is 389 g/mol. The van der Waals surface area contributed by atoms with Gasteiger partial charge in [-0.25, -0.2) is 0 Å². The second kappa shape index (κ2) is 10.1. The predicted octanol–water partition coefficient (Wildman–Crippen LogP) is 0.442. The zero-order chi connectivity index (χ0) is 18.4. The fourth-order valence-corrected chi connectivity index (χ4v) is 3.28. The van der Waals surface area contributed by atoms with Gasteiger partial charge in [-0.2, -0.15) is 0 Å². The molecule has 1 unspecified atom stereocenters. The van der Waals surface area contributed by atoms with E-state index in [2.05, 4.69) is 34.6 Å². The minimum Gasteiger partial charge on any atom is -1.00 e. The standard InChI is InChI=1S/C20H26N4O2.ClH/c1-16(7-8-17-5-3-2-4-6-17)22-19-15-18(9-10-20(19)24(25)26)23-13-11-21-12-14-23;/h2-6,9-10,15-16,21-22H,7-8,11-14H2,1H3;1H/p-1. The number of nitrogens with one attached hydrogen (secondary N) is 2. The lowest BCUT2D eigenvalue weighted by Crippen LogP contribution is -3.00. The van der Waals surface area contributed by atoms with Crippen LogP contribution in [0.25, 0.3) is 0 Å². The van der Waals surface area contributed by atoms with Crippen molar-refractivity contribution in [1.82, 2.24) is 5.32 Å². The molecular weight excluding hydrogens is 364 g/mol. The number of hydrogen-bond donors (Lipinski definition) is 2. The molecule has 0 spiro atoms. The van der Waals surface area contributed by atoms with Gasteiger partial charge < -0.3 is 27.9 Å². The lowest BCUT2D eigenvalue weighted by atomic mass is 10.1. The maximum Gasteiger partial charge on any atom is 0.292 e. The Labute approximate surface area is 166 Å². The summed E-state index contributed by atoms with van der Waals surface area (Å²) in [5.74, 6) is 0. The van der Waals surface area contributed by atoms with Crippen LogP contribution in [0, 0.1) is 10.1 Å². The average Bonchev–Trinajstić information content (AvgIpc) is 2.67. The molecule has 0 bridgehead atoms. The molecule has 0 aromatic heterocycles. The number of piperazine rings is 1. The molecule has 1 atom stereocenters. The van der Waals surface area contributed by atoms with Gasteiger partial charge in [-0.05, 0) is 37.5 Å². The minimum atomic E-state index is -0.312. The van der Waals surface area contributed by atoms with E-state index >= 15 is 0 Å². The number of anilines is 2. The van der Waals surface area contributed by atoms with Crippen molar-refractivity contribution in [3.8, 4) is 0 Å². The molecule has 2 N–H and O–H groups in total. The summed E-state index contributed by atoms with van der Waals surface area (Å²) in [6.07, 6.45) is 1.86. The van der Waals surface area contributed by atoms with Crippen molar-refractivity contribution in [2.24, 2.45) is 0 Å². The van der Waals surface area contributed by atoms with E-state index in [0.717, 1.165) is 44.7 Å². The van der Waals surface area contributed by atoms with Crippen molar-refractivity contribution in [3.05, 3.63) is 64.2 Å². The van der Waals surface area contributed by atoms with Gasteiger partial charge >= 0.3 is 0 Å². The normalized spacial score (nSPS) is 14.9. The number of nitro groups is 1. The Hall–Kier alpha value is -2.31. The highest BCUT2D eigenvalue weighted by Crippen LogP contribution is 2.30. The Kier molecular flexibility index (Phi) is 7.88. The van der Waals surface area contributed by atoms with Gasteiger partial charge in [0.05, 0.1) is 4.92 Å². The number of halogens is 1. The summed E-state index contributed by atoms with van der Waals surface area (Å²) in [4.78, 5) is 13.4. The highest BCUT2D eigenvalue weighted by molar-refractivity contribution is 5.69. The van der Waals surface area contributed by atoms with Crippen LogP contribution in [-0.2, 0) is 6.42 Å². The van der Waals surface area contributed by atoms with E-state index in [-0.39, 0.29) is 29.1 Å². The first-order valence-corrected chi connectivity index (χ1v) is 9.18. The Balaban J connectivity index is 0.00000261. The summed E-state index contributed by atoms with van der Waals surface area (Å²) in [5, 5.41) is 18.1. The Morgan fingerprint density at radius 2 is 1.89 bits per heavy atom. The van der Waals surface area contributed by atoms with Crippen LogP contribution in [0.1, 0.15) is 18.9 Å². The minimum absolute atomic E-state index is 0. The first kappa shape index (κ1) is 21.0. The number of benzene rings is 2. The second-order valence-electron chi connectivity index (χ2n) is 6.77. The average molecular weight is 390 g/mol. The third-order valence-electron chi connectivity index (χ3n) is 4.77. The van der Waals surface area contributed by atoms with E-state index < -0.39 is 0 Å². The molecule has 2 aromatic rings. The summed E-state index contributed by atoms with van der Waals surface area (Å²) in [5.41, 5.74) is 3.06. The van der Waals surface area contributed by atoms with Gasteiger partial charge in [-0.3, -0.25) is 10.1 Å². The number of nitro benzene ring substituents is 1. The van der Waals surface area contributed by atoms with Gasteiger partial charge in [-0.1, -0.05) is 30.3 Å². The molecule has 7 heteroatoms. The smallest absolute Gasteiger partial charge is 0.292 e. The molecular formula is C20H26ClN4O2-. The fraction of sp³-hybridized carbons (Fsp3) is 0.400. The van der Waals surface area contributed by atoms with Crippen molar-refractivity contribution in [2.45, 2.75) is 25.8 Å². The lowest BCUT2D eigenvalue weighted by molar-refractivity contribution is -0.384. The van der Waals surface area contributed by atoms with Gasteiger partial charge in [0.2, 0.25) is 0 Å². The van der Waals surface area contributed by atoms with Crippen LogP contribution in [0.2, 0.25) is 0 Å². The molecule has 6 nitrogen and oxygen atoms in total. The van der Waals surface area contributed by atoms with Crippen LogP contribution in [0.3, 0.4) is 0 Å². The molecule has 146 valence electrons. The number of rotatable bonds is 7. The van der Waals surface area contributed by atoms with Gasteiger partial charge in [0, 0.05) is 44.0 Å². The van der Waals surface area contributed by atoms with Crippen molar-refractivity contribution < 1.29 is 17.3 Å². The van der Waals surface area contributed by atoms with Crippen LogP contribution < -0.4 is 27.9 Å². The van der Waals surface area contributed by atoms with Crippen LogP contribution in [0.5, 0.6) is 0 Å². The third-order valence-corrected chi connectivity index (χ3v) is 4.77. The van der Waals surface area contributed by atoms with E-state index in [9.17, 15) is 10.1 Å². The summed E-state index contributed by atoms with van der Waals surface area (Å²) in [6, 6.07) is 15.8.